The number of ether oxygens (including phenoxy) is 1. The van der Waals surface area contributed by atoms with Crippen LogP contribution in [0, 0.1) is 0 Å². The third-order valence-corrected chi connectivity index (χ3v) is 6.14. The van der Waals surface area contributed by atoms with Crippen molar-refractivity contribution < 1.29 is 4.74 Å². The van der Waals surface area contributed by atoms with Gasteiger partial charge in [-0.15, -0.1) is 12.4 Å². The minimum atomic E-state index is -0.201. The number of hydrogen-bond acceptors (Lipinski definition) is 6. The maximum absolute atomic E-state index is 12.6. The average Bonchev–Trinajstić information content (AvgIpc) is 3.18. The van der Waals surface area contributed by atoms with Crippen LogP contribution < -0.4 is 10.9 Å². The summed E-state index contributed by atoms with van der Waals surface area (Å²) in [5, 5.41) is 4.10. The number of nitrogens with one attached hydrogen (secondary N) is 2. The van der Waals surface area contributed by atoms with Gasteiger partial charge in [0.25, 0.3) is 5.56 Å². The van der Waals surface area contributed by atoms with Crippen LogP contribution in [0.1, 0.15) is 24.8 Å². The van der Waals surface area contributed by atoms with E-state index in [1.807, 2.05) is 10.6 Å². The van der Waals surface area contributed by atoms with Crippen LogP contribution in [0.15, 0.2) is 29.3 Å². The number of hydrogen-bond donors (Lipinski definition) is 2. The van der Waals surface area contributed by atoms with Gasteiger partial charge in [0.2, 0.25) is 5.95 Å². The van der Waals surface area contributed by atoms with Crippen molar-refractivity contribution >= 4 is 52.7 Å². The first-order valence-electron chi connectivity index (χ1n) is 10.5. The molecule has 32 heavy (non-hydrogen) atoms. The van der Waals surface area contributed by atoms with Crippen LogP contribution in [0.5, 0.6) is 0 Å². The van der Waals surface area contributed by atoms with Crippen molar-refractivity contribution in [3.05, 3.63) is 50.5 Å². The zero-order chi connectivity index (χ0) is 21.6. The van der Waals surface area contributed by atoms with Gasteiger partial charge in [-0.2, -0.15) is 4.98 Å². The number of H-pyrrole nitrogens is 1. The topological polar surface area (TPSA) is 88.1 Å². The number of aromatic nitrogens is 4. The predicted molar refractivity (Wildman–Crippen MR) is 130 cm³/mol. The van der Waals surface area contributed by atoms with E-state index in [1.165, 1.54) is 0 Å². The Morgan fingerprint density at radius 1 is 1.09 bits per heavy atom. The number of aryl methyl sites for hydroxylation is 1. The summed E-state index contributed by atoms with van der Waals surface area (Å²) >= 11 is 12.0. The van der Waals surface area contributed by atoms with Crippen LogP contribution >= 0.6 is 35.6 Å². The number of rotatable bonds is 9. The Kier molecular flexibility index (Phi) is 9.19. The van der Waals surface area contributed by atoms with Crippen molar-refractivity contribution in [2.24, 2.45) is 0 Å². The van der Waals surface area contributed by atoms with Crippen LogP contribution in [0.25, 0.3) is 11.2 Å². The van der Waals surface area contributed by atoms with Crippen LogP contribution in [-0.2, 0) is 17.8 Å². The highest BCUT2D eigenvalue weighted by Crippen LogP contribution is 2.22. The molecule has 4 rings (SSSR count). The second kappa shape index (κ2) is 11.9. The number of aromatic amines is 1. The molecular weight excluding hydrogens is 475 g/mol. The van der Waals surface area contributed by atoms with Gasteiger partial charge in [-0.05, 0) is 37.1 Å². The molecule has 1 aliphatic heterocycles. The molecule has 1 aromatic carbocycles. The lowest BCUT2D eigenvalue weighted by Crippen LogP contribution is -2.36. The highest BCUT2D eigenvalue weighted by molar-refractivity contribution is 6.42. The molecule has 0 unspecified atom stereocenters. The van der Waals surface area contributed by atoms with Gasteiger partial charge in [0.05, 0.1) is 29.6 Å². The van der Waals surface area contributed by atoms with E-state index < -0.39 is 0 Å². The number of unbranched alkanes of at least 4 members (excludes halogenated alkanes) is 2. The molecule has 0 radical (unpaired) electrons. The van der Waals surface area contributed by atoms with E-state index in [9.17, 15) is 4.79 Å². The molecule has 8 nitrogen and oxygen atoms in total. The first-order chi connectivity index (χ1) is 15.1. The second-order valence-electron chi connectivity index (χ2n) is 7.64. The van der Waals surface area contributed by atoms with E-state index in [1.54, 1.807) is 18.5 Å². The van der Waals surface area contributed by atoms with E-state index in [-0.39, 0.29) is 18.0 Å². The molecule has 1 fully saturated rings. The highest BCUT2D eigenvalue weighted by Gasteiger charge is 2.12. The molecule has 2 N–H and O–H groups in total. The molecule has 1 saturated heterocycles. The molecule has 0 spiro atoms. The average molecular weight is 502 g/mol. The summed E-state index contributed by atoms with van der Waals surface area (Å²) in [4.78, 5) is 26.6. The predicted octanol–water partition coefficient (Wildman–Crippen LogP) is 3.96. The summed E-state index contributed by atoms with van der Waals surface area (Å²) in [5.74, 6) is 0.374. The van der Waals surface area contributed by atoms with Crippen molar-refractivity contribution in [2.75, 3.05) is 38.2 Å². The summed E-state index contributed by atoms with van der Waals surface area (Å²) in [5.41, 5.74) is 1.68. The molecule has 174 valence electrons. The lowest BCUT2D eigenvalue weighted by molar-refractivity contribution is 0.0371. The Balaban J connectivity index is 0.00000289. The quantitative estimate of drug-likeness (QED) is 0.432. The lowest BCUT2D eigenvalue weighted by atomic mass is 10.2. The summed E-state index contributed by atoms with van der Waals surface area (Å²) in [7, 11) is 0. The fraction of sp³-hybridized carbons (Fsp3) is 0.476. The number of anilines is 1. The van der Waals surface area contributed by atoms with Crippen LogP contribution in [0.4, 0.5) is 5.95 Å². The van der Waals surface area contributed by atoms with Crippen molar-refractivity contribution in [2.45, 2.75) is 32.4 Å². The number of benzene rings is 1. The smallest absolute Gasteiger partial charge is 0.278 e. The van der Waals surface area contributed by atoms with Gasteiger partial charge in [-0.25, -0.2) is 4.98 Å². The molecule has 1 aliphatic rings. The largest absolute Gasteiger partial charge is 0.379 e. The second-order valence-corrected chi connectivity index (χ2v) is 8.46. The molecule has 11 heteroatoms. The zero-order valence-electron chi connectivity index (χ0n) is 17.6. The van der Waals surface area contributed by atoms with Crippen molar-refractivity contribution in [1.82, 2.24) is 24.4 Å². The number of morpholine rings is 1. The maximum atomic E-state index is 12.6. The third-order valence-electron chi connectivity index (χ3n) is 5.40. The van der Waals surface area contributed by atoms with Crippen molar-refractivity contribution in [3.63, 3.8) is 0 Å². The van der Waals surface area contributed by atoms with Gasteiger partial charge in [0, 0.05) is 26.2 Å². The van der Waals surface area contributed by atoms with Gasteiger partial charge in [0.15, 0.2) is 11.2 Å². The van der Waals surface area contributed by atoms with Crippen LogP contribution in [0.3, 0.4) is 0 Å². The van der Waals surface area contributed by atoms with E-state index in [2.05, 4.69) is 25.2 Å². The number of imidazole rings is 1. The summed E-state index contributed by atoms with van der Waals surface area (Å²) in [6.45, 7) is 6.02. The normalized spacial score (nSPS) is 14.4. The van der Waals surface area contributed by atoms with Gasteiger partial charge >= 0.3 is 0 Å². The van der Waals surface area contributed by atoms with E-state index in [0.29, 0.717) is 33.7 Å². The fourth-order valence-corrected chi connectivity index (χ4v) is 4.01. The van der Waals surface area contributed by atoms with E-state index in [4.69, 9.17) is 27.9 Å². The first kappa shape index (κ1) is 24.8. The van der Waals surface area contributed by atoms with Gasteiger partial charge in [-0.3, -0.25) is 14.7 Å². The fourth-order valence-electron chi connectivity index (χ4n) is 3.69. The Morgan fingerprint density at radius 2 is 1.88 bits per heavy atom. The number of fused-ring (bicyclic) bond motifs is 1. The lowest BCUT2D eigenvalue weighted by Gasteiger charge is -2.26. The molecule has 0 amide bonds. The first-order valence-corrected chi connectivity index (χ1v) is 11.3. The van der Waals surface area contributed by atoms with Crippen molar-refractivity contribution in [1.29, 1.82) is 0 Å². The minimum Gasteiger partial charge on any atom is -0.379 e. The Labute approximate surface area is 202 Å². The standard InChI is InChI=1S/C21H26Cl2N6O2.ClH/c22-16-5-4-15(12-17(16)23)13-24-21-26-19-18(20(30)27-21)29(14-25-19)7-3-1-2-6-28-8-10-31-11-9-28;/h4-5,12,14H,1-3,6-11,13H2,(H2,24,26,27,30);1H. The zero-order valence-corrected chi connectivity index (χ0v) is 20.0. The third kappa shape index (κ3) is 6.36. The monoisotopic (exact) mass is 500 g/mol. The molecule has 2 aromatic heterocycles. The molecule has 0 aliphatic carbocycles. The van der Waals surface area contributed by atoms with Crippen LogP contribution in [0.2, 0.25) is 10.0 Å². The highest BCUT2D eigenvalue weighted by atomic mass is 35.5. The van der Waals surface area contributed by atoms with Gasteiger partial charge < -0.3 is 14.6 Å². The molecule has 0 saturated carbocycles. The molecular formula is C21H27Cl3N6O2. The summed E-state index contributed by atoms with van der Waals surface area (Å²) in [6, 6.07) is 5.38. The molecule has 3 heterocycles. The molecule has 0 bridgehead atoms. The van der Waals surface area contributed by atoms with E-state index >= 15 is 0 Å². The van der Waals surface area contributed by atoms with Crippen LogP contribution in [-0.4, -0.2) is 57.3 Å². The van der Waals surface area contributed by atoms with Gasteiger partial charge in [-0.1, -0.05) is 35.7 Å². The van der Waals surface area contributed by atoms with Crippen molar-refractivity contribution in [3.8, 4) is 0 Å². The minimum absolute atomic E-state index is 0. The SMILES string of the molecule is Cl.O=c1[nH]c(NCc2ccc(Cl)c(Cl)c2)nc2ncn(CCCCCN3CCOCC3)c12. The molecule has 0 atom stereocenters. The molecule has 3 aromatic rings. The Bertz CT molecular complexity index is 1080. The Morgan fingerprint density at radius 3 is 2.66 bits per heavy atom. The number of halogens is 3. The van der Waals surface area contributed by atoms with Gasteiger partial charge in [0.1, 0.15) is 0 Å². The Hall–Kier alpha value is -1.84. The number of nitrogens with zero attached hydrogens (tertiary/aromatic N) is 4. The maximum Gasteiger partial charge on any atom is 0.278 e. The van der Waals surface area contributed by atoms with E-state index in [0.717, 1.165) is 64.2 Å². The summed E-state index contributed by atoms with van der Waals surface area (Å²) in [6.07, 6.45) is 4.93. The summed E-state index contributed by atoms with van der Waals surface area (Å²) < 4.78 is 7.27.